The van der Waals surface area contributed by atoms with Crippen molar-refractivity contribution in [3.63, 3.8) is 0 Å². The zero-order valence-corrected chi connectivity index (χ0v) is 21.1. The number of nitrogens with zero attached hydrogens (tertiary/aromatic N) is 1. The lowest BCUT2D eigenvalue weighted by molar-refractivity contribution is -0.635. The number of fused-ring (bicyclic) bond motifs is 3. The van der Waals surface area contributed by atoms with Crippen LogP contribution in [0.4, 0.5) is 0 Å². The van der Waals surface area contributed by atoms with Crippen LogP contribution in [0.2, 0.25) is 0 Å². The molecule has 4 fully saturated rings. The van der Waals surface area contributed by atoms with Crippen molar-refractivity contribution in [2.45, 2.75) is 49.9 Å². The highest BCUT2D eigenvalue weighted by Gasteiger charge is 2.73. The summed E-state index contributed by atoms with van der Waals surface area (Å²) >= 11 is 1.62. The van der Waals surface area contributed by atoms with E-state index in [0.29, 0.717) is 17.4 Å². The summed E-state index contributed by atoms with van der Waals surface area (Å²) in [7, 11) is 1.70. The van der Waals surface area contributed by atoms with Crippen molar-refractivity contribution >= 4 is 11.3 Å². The third-order valence-electron chi connectivity index (χ3n) is 9.38. The van der Waals surface area contributed by atoms with E-state index in [2.05, 4.69) is 12.1 Å². The van der Waals surface area contributed by atoms with E-state index in [1.165, 1.54) is 32.1 Å². The van der Waals surface area contributed by atoms with Crippen LogP contribution in [0.5, 0.6) is 5.75 Å². The first-order valence-corrected chi connectivity index (χ1v) is 13.7. The Morgan fingerprint density at radius 2 is 1.81 bits per heavy atom. The Balaban J connectivity index is 1.21. The van der Waals surface area contributed by atoms with Gasteiger partial charge in [0.05, 0.1) is 11.6 Å². The van der Waals surface area contributed by atoms with Crippen LogP contribution in [0.15, 0.2) is 54.6 Å². The lowest BCUT2D eigenvalue weighted by Gasteiger charge is -2.65. The number of aromatic hydroxyl groups is 1. The molecule has 7 rings (SSSR count). The summed E-state index contributed by atoms with van der Waals surface area (Å²) in [6.45, 7) is 0. The second-order valence-electron chi connectivity index (χ2n) is 11.0. The van der Waals surface area contributed by atoms with Crippen LogP contribution in [-0.4, -0.2) is 17.8 Å². The molecule has 5 nitrogen and oxygen atoms in total. The molecule has 36 heavy (non-hydrogen) atoms. The van der Waals surface area contributed by atoms with E-state index in [1.54, 1.807) is 24.5 Å². The average Bonchev–Trinajstić information content (AvgIpc) is 3.38. The van der Waals surface area contributed by atoms with Crippen molar-refractivity contribution in [2.75, 3.05) is 7.11 Å². The Morgan fingerprint density at radius 3 is 2.53 bits per heavy atom. The van der Waals surface area contributed by atoms with Gasteiger partial charge in [0.25, 0.3) is 5.79 Å². The van der Waals surface area contributed by atoms with E-state index in [-0.39, 0.29) is 5.75 Å². The van der Waals surface area contributed by atoms with Crippen LogP contribution in [0.1, 0.15) is 49.7 Å². The summed E-state index contributed by atoms with van der Waals surface area (Å²) in [6, 6.07) is 19.6. The molecule has 1 N–H and O–H groups in total. The molecular weight excluding hydrogens is 470 g/mol. The molecule has 0 amide bonds. The Hall–Kier alpha value is -2.69. The highest BCUT2D eigenvalue weighted by Crippen LogP contribution is 2.66. The minimum absolute atomic E-state index is 0.210. The molecule has 6 unspecified atom stereocenters. The minimum Gasteiger partial charge on any atom is -0.507 e. The van der Waals surface area contributed by atoms with Gasteiger partial charge in [-0.2, -0.15) is 10.1 Å². The molecule has 2 aromatic carbocycles. The number of rotatable bonds is 4. The van der Waals surface area contributed by atoms with Gasteiger partial charge in [0.2, 0.25) is 0 Å². The van der Waals surface area contributed by atoms with Gasteiger partial charge < -0.3 is 9.84 Å². The van der Waals surface area contributed by atoms with Crippen LogP contribution >= 0.6 is 11.3 Å². The number of ether oxygens (including phenoxy) is 1. The maximum Gasteiger partial charge on any atom is 0.260 e. The fraction of sp³-hybridized carbons (Fsp3) is 0.433. The average molecular weight is 500 g/mol. The number of thiophene rings is 1. The Kier molecular flexibility index (Phi) is 5.10. The standard InChI is InChI=1S/C30H29NO4S/c1-33-30(29(34-35-30)16-21-7-4-19-12-22(21)14-24(29)13-19)23-8-9-25(26(32)15-23)28-11-10-27(36-28)20-5-2-18(17-31)3-6-20/h2-3,5-6,8-11,15,19,21-22,24,32H,4,7,12-14,16H2,1H3. The topological polar surface area (TPSA) is 71.7 Å². The normalized spacial score (nSPS) is 34.3. The molecule has 1 saturated heterocycles. The first-order chi connectivity index (χ1) is 17.5. The van der Waals surface area contributed by atoms with E-state index in [4.69, 9.17) is 19.8 Å². The molecule has 3 saturated carbocycles. The van der Waals surface area contributed by atoms with Crippen molar-refractivity contribution in [1.82, 2.24) is 0 Å². The van der Waals surface area contributed by atoms with E-state index in [9.17, 15) is 5.11 Å². The first kappa shape index (κ1) is 22.5. The van der Waals surface area contributed by atoms with Crippen molar-refractivity contribution in [1.29, 1.82) is 5.26 Å². The van der Waals surface area contributed by atoms with E-state index < -0.39 is 11.4 Å². The summed E-state index contributed by atoms with van der Waals surface area (Å²) < 4.78 is 6.16. The van der Waals surface area contributed by atoms with Crippen LogP contribution in [0, 0.1) is 35.0 Å². The van der Waals surface area contributed by atoms with Gasteiger partial charge in [0, 0.05) is 28.0 Å². The van der Waals surface area contributed by atoms with Crippen LogP contribution in [-0.2, 0) is 20.3 Å². The van der Waals surface area contributed by atoms with E-state index in [1.807, 2.05) is 42.5 Å². The maximum atomic E-state index is 11.2. The number of benzene rings is 2. The Labute approximate surface area is 215 Å². The predicted molar refractivity (Wildman–Crippen MR) is 137 cm³/mol. The lowest BCUT2D eigenvalue weighted by Crippen LogP contribution is -2.72. The second-order valence-corrected chi connectivity index (χ2v) is 12.1. The highest BCUT2D eigenvalue weighted by atomic mass is 32.1. The number of phenolic OH excluding ortho intramolecular Hbond substituents is 1. The van der Waals surface area contributed by atoms with E-state index >= 15 is 0 Å². The first-order valence-electron chi connectivity index (χ1n) is 12.9. The fourth-order valence-corrected chi connectivity index (χ4v) is 8.68. The van der Waals surface area contributed by atoms with Crippen LogP contribution in [0.25, 0.3) is 20.9 Å². The smallest absolute Gasteiger partial charge is 0.260 e. The molecule has 6 heteroatoms. The number of methoxy groups -OCH3 is 1. The lowest BCUT2D eigenvalue weighted by atomic mass is 9.50. The van der Waals surface area contributed by atoms with Gasteiger partial charge in [-0.05, 0) is 97.7 Å². The monoisotopic (exact) mass is 499 g/mol. The van der Waals surface area contributed by atoms with Gasteiger partial charge in [0.15, 0.2) is 5.60 Å². The predicted octanol–water partition coefficient (Wildman–Crippen LogP) is 7.01. The molecule has 0 radical (unpaired) electrons. The highest BCUT2D eigenvalue weighted by molar-refractivity contribution is 7.18. The van der Waals surface area contributed by atoms with Gasteiger partial charge in [-0.3, -0.25) is 0 Å². The van der Waals surface area contributed by atoms with Crippen molar-refractivity contribution in [3.05, 3.63) is 65.7 Å². The molecule has 6 atom stereocenters. The summed E-state index contributed by atoms with van der Waals surface area (Å²) in [5.41, 5.74) is 2.82. The maximum absolute atomic E-state index is 11.2. The minimum atomic E-state index is -0.987. The zero-order valence-electron chi connectivity index (χ0n) is 20.3. The molecule has 1 spiro atoms. The van der Waals surface area contributed by atoms with Gasteiger partial charge in [-0.1, -0.05) is 24.6 Å². The summed E-state index contributed by atoms with van der Waals surface area (Å²) in [5.74, 6) is 1.91. The molecular formula is C30H29NO4S. The molecule has 4 aliphatic rings. The Bertz CT molecular complexity index is 1350. The summed E-state index contributed by atoms with van der Waals surface area (Å²) in [4.78, 5) is 14.0. The third kappa shape index (κ3) is 3.10. The van der Waals surface area contributed by atoms with Gasteiger partial charge >= 0.3 is 0 Å². The quantitative estimate of drug-likeness (QED) is 0.391. The molecule has 3 aromatic rings. The largest absolute Gasteiger partial charge is 0.507 e. The fourth-order valence-electron chi connectivity index (χ4n) is 7.63. The molecule has 2 heterocycles. The molecule has 3 bridgehead atoms. The molecule has 1 aromatic heterocycles. The molecule has 1 aliphatic heterocycles. The second kappa shape index (κ2) is 8.16. The number of nitriles is 1. The molecule has 184 valence electrons. The molecule has 3 aliphatic carbocycles. The van der Waals surface area contributed by atoms with Gasteiger partial charge in [0.1, 0.15) is 5.75 Å². The third-order valence-corrected chi connectivity index (χ3v) is 10.5. The number of hydrogen-bond acceptors (Lipinski definition) is 6. The van der Waals surface area contributed by atoms with Crippen LogP contribution < -0.4 is 0 Å². The van der Waals surface area contributed by atoms with Crippen molar-refractivity contribution < 1.29 is 19.6 Å². The summed E-state index contributed by atoms with van der Waals surface area (Å²) in [5, 5.41) is 20.2. The van der Waals surface area contributed by atoms with Gasteiger partial charge in [-0.25, -0.2) is 4.89 Å². The van der Waals surface area contributed by atoms with E-state index in [0.717, 1.165) is 44.7 Å². The SMILES string of the molecule is COC1(c2ccc(-c3ccc(-c4ccc(C#N)cc4)s3)c(O)c2)OOC12CC1CCC3CC1CC2C3. The summed E-state index contributed by atoms with van der Waals surface area (Å²) in [6.07, 6.45) is 7.32. The Morgan fingerprint density at radius 1 is 0.972 bits per heavy atom. The zero-order chi connectivity index (χ0) is 24.5. The van der Waals surface area contributed by atoms with Crippen molar-refractivity contribution in [2.24, 2.45) is 23.7 Å². The number of hydrogen-bond donors (Lipinski definition) is 1. The number of phenols is 1. The van der Waals surface area contributed by atoms with Gasteiger partial charge in [-0.15, -0.1) is 11.3 Å². The van der Waals surface area contributed by atoms with Crippen LogP contribution in [0.3, 0.4) is 0 Å². The van der Waals surface area contributed by atoms with Crippen molar-refractivity contribution in [3.8, 4) is 32.7 Å².